The molecular formula is C31H30FN3O2. The smallest absolute Gasteiger partial charge is 0.322 e. The van der Waals surface area contributed by atoms with Crippen LogP contribution in [-0.4, -0.2) is 59.3 Å². The molecule has 0 aliphatic carbocycles. The van der Waals surface area contributed by atoms with Crippen LogP contribution >= 0.6 is 0 Å². The van der Waals surface area contributed by atoms with E-state index in [1.807, 2.05) is 54.3 Å². The number of carbonyl (C=O) groups excluding carboxylic acids is 1. The van der Waals surface area contributed by atoms with Gasteiger partial charge in [-0.1, -0.05) is 53.8 Å². The minimum Gasteiger partial charge on any atom is -0.395 e. The van der Waals surface area contributed by atoms with Crippen LogP contribution in [0.15, 0.2) is 84.9 Å². The number of urea groups is 1. The second kappa shape index (κ2) is 11.0. The number of aliphatic hydroxyl groups is 1. The number of carbonyl (C=O) groups is 1. The summed E-state index contributed by atoms with van der Waals surface area (Å²) >= 11 is 0. The minimum absolute atomic E-state index is 0.00842. The normalized spacial score (nSPS) is 21.9. The van der Waals surface area contributed by atoms with Gasteiger partial charge in [-0.05, 0) is 61.0 Å². The van der Waals surface area contributed by atoms with Crippen molar-refractivity contribution in [3.8, 4) is 11.8 Å². The van der Waals surface area contributed by atoms with Crippen LogP contribution in [0.25, 0.3) is 0 Å². The summed E-state index contributed by atoms with van der Waals surface area (Å²) in [6, 6.07) is 21.9. The number of amides is 2. The van der Waals surface area contributed by atoms with E-state index < -0.39 is 0 Å². The van der Waals surface area contributed by atoms with E-state index in [4.69, 9.17) is 0 Å². The van der Waals surface area contributed by atoms with Gasteiger partial charge in [0.05, 0.1) is 6.61 Å². The molecule has 5 nitrogen and oxygen atoms in total. The average Bonchev–Trinajstić information content (AvgIpc) is 2.89. The quantitative estimate of drug-likeness (QED) is 0.407. The standard InChI is InChI=1S/C31H30FN3O2/c1-22-4-16-27(17-5-22)33-31(37)34-18-2-3-19-35-28(20-34)30(29(35)21-36)25-12-8-23(9-13-25)6-7-24-10-14-26(32)15-11-24/h2-5,8-17,28-30,36H,18-21H2,1H3,(H,33,37)/b3-2-/t28-,29+,30+/m0/s1. The molecule has 1 fully saturated rings. The lowest BCUT2D eigenvalue weighted by Crippen LogP contribution is -2.67. The molecule has 3 aromatic rings. The van der Waals surface area contributed by atoms with Crippen molar-refractivity contribution in [2.24, 2.45) is 0 Å². The van der Waals surface area contributed by atoms with Gasteiger partial charge in [-0.25, -0.2) is 9.18 Å². The number of nitrogens with zero attached hydrogens (tertiary/aromatic N) is 2. The Hall–Kier alpha value is -3.92. The maximum absolute atomic E-state index is 13.1. The van der Waals surface area contributed by atoms with Gasteiger partial charge in [0, 0.05) is 54.5 Å². The van der Waals surface area contributed by atoms with Crippen LogP contribution < -0.4 is 5.32 Å². The van der Waals surface area contributed by atoms with Crippen LogP contribution in [0.5, 0.6) is 0 Å². The molecule has 37 heavy (non-hydrogen) atoms. The fourth-order valence-corrected chi connectivity index (χ4v) is 5.14. The highest BCUT2D eigenvalue weighted by atomic mass is 19.1. The Bertz CT molecular complexity index is 1320. The molecule has 6 heteroatoms. The number of nitrogens with one attached hydrogen (secondary N) is 1. The van der Waals surface area contributed by atoms with Crippen molar-refractivity contribution in [3.05, 3.63) is 113 Å². The van der Waals surface area contributed by atoms with Gasteiger partial charge in [-0.15, -0.1) is 0 Å². The molecule has 0 spiro atoms. The fraction of sp³-hybridized carbons (Fsp3) is 0.258. The largest absolute Gasteiger partial charge is 0.395 e. The highest BCUT2D eigenvalue weighted by molar-refractivity contribution is 5.89. The first-order valence-corrected chi connectivity index (χ1v) is 12.5. The Balaban J connectivity index is 1.31. The predicted molar refractivity (Wildman–Crippen MR) is 144 cm³/mol. The molecule has 0 saturated carbocycles. The first-order valence-electron chi connectivity index (χ1n) is 12.5. The Morgan fingerprint density at radius 3 is 2.22 bits per heavy atom. The van der Waals surface area contributed by atoms with Gasteiger partial charge >= 0.3 is 6.03 Å². The summed E-state index contributed by atoms with van der Waals surface area (Å²) in [6.45, 7) is 3.92. The highest BCUT2D eigenvalue weighted by Crippen LogP contribution is 2.41. The van der Waals surface area contributed by atoms with Gasteiger partial charge in [0.25, 0.3) is 0 Å². The van der Waals surface area contributed by atoms with E-state index in [0.29, 0.717) is 13.1 Å². The van der Waals surface area contributed by atoms with Crippen molar-refractivity contribution in [1.82, 2.24) is 9.80 Å². The van der Waals surface area contributed by atoms with Crippen molar-refractivity contribution in [3.63, 3.8) is 0 Å². The first kappa shape index (κ1) is 24.8. The first-order chi connectivity index (χ1) is 18.0. The number of aliphatic hydroxyl groups excluding tert-OH is 1. The summed E-state index contributed by atoms with van der Waals surface area (Å²) in [5, 5.41) is 13.2. The Morgan fingerprint density at radius 1 is 0.946 bits per heavy atom. The third kappa shape index (κ3) is 5.59. The van der Waals surface area contributed by atoms with Crippen LogP contribution in [0.4, 0.5) is 14.9 Å². The second-order valence-corrected chi connectivity index (χ2v) is 9.59. The molecule has 1 saturated heterocycles. The van der Waals surface area contributed by atoms with E-state index in [2.05, 4.69) is 40.3 Å². The van der Waals surface area contributed by atoms with Gasteiger partial charge in [0.15, 0.2) is 0 Å². The van der Waals surface area contributed by atoms with Crippen molar-refractivity contribution >= 4 is 11.7 Å². The van der Waals surface area contributed by atoms with Crippen molar-refractivity contribution < 1.29 is 14.3 Å². The maximum atomic E-state index is 13.1. The summed E-state index contributed by atoms with van der Waals surface area (Å²) in [5.41, 5.74) is 4.66. The number of anilines is 1. The second-order valence-electron chi connectivity index (χ2n) is 9.59. The molecule has 188 valence electrons. The summed E-state index contributed by atoms with van der Waals surface area (Å²) in [6.07, 6.45) is 4.09. The van der Waals surface area contributed by atoms with E-state index in [9.17, 15) is 14.3 Å². The number of hydrogen-bond acceptors (Lipinski definition) is 3. The van der Waals surface area contributed by atoms with Crippen molar-refractivity contribution in [1.29, 1.82) is 0 Å². The van der Waals surface area contributed by atoms with Gasteiger partial charge in [-0.3, -0.25) is 4.90 Å². The number of halogens is 1. The lowest BCUT2D eigenvalue weighted by atomic mass is 9.74. The lowest BCUT2D eigenvalue weighted by Gasteiger charge is -2.56. The van der Waals surface area contributed by atoms with Gasteiger partial charge < -0.3 is 15.3 Å². The highest BCUT2D eigenvalue weighted by Gasteiger charge is 2.49. The molecule has 0 aromatic heterocycles. The molecule has 2 N–H and O–H groups in total. The molecule has 2 aliphatic rings. The molecular weight excluding hydrogens is 465 g/mol. The fourth-order valence-electron chi connectivity index (χ4n) is 5.14. The van der Waals surface area contributed by atoms with E-state index in [-0.39, 0.29) is 36.5 Å². The van der Waals surface area contributed by atoms with Crippen LogP contribution in [-0.2, 0) is 0 Å². The predicted octanol–water partition coefficient (Wildman–Crippen LogP) is 4.77. The van der Waals surface area contributed by atoms with E-state index in [0.717, 1.165) is 34.5 Å². The van der Waals surface area contributed by atoms with Crippen LogP contribution in [0.3, 0.4) is 0 Å². The number of hydrogen-bond donors (Lipinski definition) is 2. The van der Waals surface area contributed by atoms with E-state index >= 15 is 0 Å². The zero-order valence-electron chi connectivity index (χ0n) is 20.8. The Labute approximate surface area is 217 Å². The summed E-state index contributed by atoms with van der Waals surface area (Å²) in [5.74, 6) is 6.01. The average molecular weight is 496 g/mol. The summed E-state index contributed by atoms with van der Waals surface area (Å²) in [7, 11) is 0. The maximum Gasteiger partial charge on any atom is 0.322 e. The molecule has 0 bridgehead atoms. The monoisotopic (exact) mass is 495 g/mol. The molecule has 3 aromatic carbocycles. The summed E-state index contributed by atoms with van der Waals surface area (Å²) in [4.78, 5) is 17.2. The molecule has 2 aliphatic heterocycles. The van der Waals surface area contributed by atoms with Crippen LogP contribution in [0.1, 0.15) is 28.2 Å². The number of fused-ring (bicyclic) bond motifs is 1. The summed E-state index contributed by atoms with van der Waals surface area (Å²) < 4.78 is 13.1. The topological polar surface area (TPSA) is 55.8 Å². The molecule has 0 unspecified atom stereocenters. The van der Waals surface area contributed by atoms with Crippen molar-refractivity contribution in [2.75, 3.05) is 31.6 Å². The van der Waals surface area contributed by atoms with Crippen LogP contribution in [0.2, 0.25) is 0 Å². The third-order valence-electron chi connectivity index (χ3n) is 7.17. The number of aryl methyl sites for hydroxylation is 1. The zero-order chi connectivity index (χ0) is 25.8. The molecule has 2 heterocycles. The Kier molecular flexibility index (Phi) is 7.36. The van der Waals surface area contributed by atoms with Crippen LogP contribution in [0, 0.1) is 24.6 Å². The molecule has 3 atom stereocenters. The van der Waals surface area contributed by atoms with Gasteiger partial charge in [0.2, 0.25) is 0 Å². The Morgan fingerprint density at radius 2 is 1.57 bits per heavy atom. The number of rotatable bonds is 3. The molecule has 5 rings (SSSR count). The van der Waals surface area contributed by atoms with Gasteiger partial charge in [0.1, 0.15) is 5.82 Å². The molecule has 2 amide bonds. The lowest BCUT2D eigenvalue weighted by molar-refractivity contribution is -0.0443. The van der Waals surface area contributed by atoms with E-state index in [1.165, 1.54) is 12.1 Å². The third-order valence-corrected chi connectivity index (χ3v) is 7.17. The van der Waals surface area contributed by atoms with Crippen molar-refractivity contribution in [2.45, 2.75) is 24.9 Å². The number of benzene rings is 3. The molecule has 0 radical (unpaired) electrons. The minimum atomic E-state index is -0.279. The zero-order valence-corrected chi connectivity index (χ0v) is 20.8. The van der Waals surface area contributed by atoms with Gasteiger partial charge in [-0.2, -0.15) is 0 Å². The SMILES string of the molecule is Cc1ccc(NC(=O)N2C/C=C\CN3[C@H](CO)[C@H](c4ccc(C#Cc5ccc(F)cc5)cc4)[C@@H]3C2)cc1. The van der Waals surface area contributed by atoms with E-state index in [1.54, 1.807) is 12.1 Å².